The Bertz CT molecular complexity index is 953. The fraction of sp³-hybridized carbons (Fsp3) is 0.278. The maximum atomic E-state index is 6.31. The Labute approximate surface area is 150 Å². The van der Waals surface area contributed by atoms with Crippen LogP contribution >= 0.6 is 11.6 Å². The second-order valence-electron chi connectivity index (χ2n) is 6.17. The van der Waals surface area contributed by atoms with Crippen molar-refractivity contribution in [2.24, 2.45) is 0 Å². The van der Waals surface area contributed by atoms with Crippen LogP contribution in [0.3, 0.4) is 0 Å². The number of nitrogens with one attached hydrogen (secondary N) is 1. The molecule has 2 aromatic heterocycles. The first-order valence-electron chi connectivity index (χ1n) is 8.09. The summed E-state index contributed by atoms with van der Waals surface area (Å²) >= 11 is 6.31. The summed E-state index contributed by atoms with van der Waals surface area (Å²) in [6, 6.07) is 9.67. The molecule has 3 aromatic rings. The van der Waals surface area contributed by atoms with Gasteiger partial charge >= 0.3 is 0 Å². The van der Waals surface area contributed by atoms with Crippen molar-refractivity contribution in [1.29, 1.82) is 0 Å². The largest absolute Gasteiger partial charge is 0.495 e. The Morgan fingerprint density at radius 2 is 2.12 bits per heavy atom. The summed E-state index contributed by atoms with van der Waals surface area (Å²) in [5.74, 6) is 2.39. The molecule has 0 aliphatic carbocycles. The number of fused-ring (bicyclic) bond motifs is 3. The number of methoxy groups -OCH3 is 1. The zero-order valence-corrected chi connectivity index (χ0v) is 15.0. The van der Waals surface area contributed by atoms with Crippen molar-refractivity contribution < 1.29 is 4.74 Å². The number of ether oxygens (including phenoxy) is 1. The number of aryl methyl sites for hydroxylation is 1. The molecular formula is C18H18ClN5O. The molecule has 1 unspecified atom stereocenters. The van der Waals surface area contributed by atoms with Crippen LogP contribution in [-0.2, 0) is 0 Å². The van der Waals surface area contributed by atoms with Crippen LogP contribution < -0.4 is 10.1 Å². The van der Waals surface area contributed by atoms with Crippen molar-refractivity contribution in [3.63, 3.8) is 0 Å². The van der Waals surface area contributed by atoms with Gasteiger partial charge in [-0.25, -0.2) is 4.98 Å². The molecule has 0 amide bonds. The van der Waals surface area contributed by atoms with E-state index in [0.29, 0.717) is 16.6 Å². The van der Waals surface area contributed by atoms with Gasteiger partial charge in [-0.2, -0.15) is 0 Å². The zero-order valence-electron chi connectivity index (χ0n) is 14.2. The number of pyridine rings is 1. The van der Waals surface area contributed by atoms with Crippen molar-refractivity contribution in [1.82, 2.24) is 19.7 Å². The lowest BCUT2D eigenvalue weighted by molar-refractivity contribution is 0.415. The molecule has 0 spiro atoms. The molecule has 0 fully saturated rings. The van der Waals surface area contributed by atoms with Crippen LogP contribution in [0, 0.1) is 6.92 Å². The third-order valence-corrected chi connectivity index (χ3v) is 4.65. The fourth-order valence-electron chi connectivity index (χ4n) is 3.07. The molecule has 1 atom stereocenters. The molecular weight excluding hydrogens is 338 g/mol. The van der Waals surface area contributed by atoms with Gasteiger partial charge in [-0.05, 0) is 25.1 Å². The topological polar surface area (TPSA) is 64.9 Å². The van der Waals surface area contributed by atoms with Crippen molar-refractivity contribution in [3.05, 3.63) is 46.9 Å². The molecule has 4 rings (SSSR count). The van der Waals surface area contributed by atoms with E-state index in [2.05, 4.69) is 27.4 Å². The Morgan fingerprint density at radius 3 is 2.88 bits per heavy atom. The van der Waals surface area contributed by atoms with Gasteiger partial charge in [0.25, 0.3) is 0 Å². The van der Waals surface area contributed by atoms with Gasteiger partial charge < -0.3 is 10.1 Å². The van der Waals surface area contributed by atoms with Crippen LogP contribution in [-0.4, -0.2) is 33.4 Å². The van der Waals surface area contributed by atoms with Crippen LogP contribution in [0.15, 0.2) is 30.3 Å². The normalized spacial score (nSPS) is 15.8. The minimum absolute atomic E-state index is 0.184. The number of hydrogen-bond acceptors (Lipinski definition) is 5. The summed E-state index contributed by atoms with van der Waals surface area (Å²) in [6.45, 7) is 4.82. The molecule has 128 valence electrons. The number of hydrogen-bond donors (Lipinski definition) is 1. The van der Waals surface area contributed by atoms with Gasteiger partial charge in [0.15, 0.2) is 5.82 Å². The number of nitrogens with zero attached hydrogens (tertiary/aromatic N) is 4. The van der Waals surface area contributed by atoms with Gasteiger partial charge in [-0.15, -0.1) is 10.2 Å². The highest BCUT2D eigenvalue weighted by atomic mass is 35.5. The van der Waals surface area contributed by atoms with Gasteiger partial charge in [-0.3, -0.25) is 4.57 Å². The van der Waals surface area contributed by atoms with Gasteiger partial charge in [0.1, 0.15) is 17.3 Å². The highest BCUT2D eigenvalue weighted by Crippen LogP contribution is 2.38. The molecule has 1 aliphatic heterocycles. The number of anilines is 1. The van der Waals surface area contributed by atoms with E-state index < -0.39 is 0 Å². The Balaban J connectivity index is 2.00. The maximum Gasteiger partial charge on any atom is 0.187 e. The number of benzene rings is 1. The van der Waals surface area contributed by atoms with Crippen LogP contribution in [0.25, 0.3) is 17.2 Å². The van der Waals surface area contributed by atoms with Crippen LogP contribution in [0.5, 0.6) is 5.75 Å². The Hall–Kier alpha value is -2.60. The summed E-state index contributed by atoms with van der Waals surface area (Å²) < 4.78 is 7.45. The second-order valence-corrected chi connectivity index (χ2v) is 6.57. The van der Waals surface area contributed by atoms with Gasteiger partial charge in [0.2, 0.25) is 0 Å². The lowest BCUT2D eigenvalue weighted by Gasteiger charge is -2.14. The predicted octanol–water partition coefficient (Wildman–Crippen LogP) is 3.83. The smallest absolute Gasteiger partial charge is 0.187 e. The first-order chi connectivity index (χ1) is 12.1. The monoisotopic (exact) mass is 355 g/mol. The van der Waals surface area contributed by atoms with Crippen LogP contribution in [0.4, 0.5) is 5.69 Å². The molecule has 0 saturated heterocycles. The van der Waals surface area contributed by atoms with Crippen LogP contribution in [0.2, 0.25) is 5.02 Å². The average Bonchev–Trinajstić information content (AvgIpc) is 2.99. The van der Waals surface area contributed by atoms with Gasteiger partial charge in [0.05, 0.1) is 23.5 Å². The number of rotatable bonds is 2. The summed E-state index contributed by atoms with van der Waals surface area (Å²) in [6.07, 6.45) is 0. The number of halogens is 1. The van der Waals surface area contributed by atoms with Gasteiger partial charge in [0, 0.05) is 24.2 Å². The first-order valence-corrected chi connectivity index (χ1v) is 8.47. The van der Waals surface area contributed by atoms with Crippen molar-refractivity contribution in [2.45, 2.75) is 19.8 Å². The Kier molecular flexibility index (Phi) is 3.84. The van der Waals surface area contributed by atoms with E-state index in [1.165, 1.54) is 0 Å². The molecule has 1 aromatic carbocycles. The summed E-state index contributed by atoms with van der Waals surface area (Å²) in [5, 5.41) is 12.9. The van der Waals surface area contributed by atoms with E-state index in [1.807, 2.05) is 41.8 Å². The molecule has 7 heteroatoms. The summed E-state index contributed by atoms with van der Waals surface area (Å²) in [4.78, 5) is 4.61. The van der Waals surface area contributed by atoms with Crippen molar-refractivity contribution in [2.75, 3.05) is 19.0 Å². The summed E-state index contributed by atoms with van der Waals surface area (Å²) in [7, 11) is 1.61. The third kappa shape index (κ3) is 2.62. The second kappa shape index (κ2) is 6.04. The highest BCUT2D eigenvalue weighted by Gasteiger charge is 2.26. The van der Waals surface area contributed by atoms with E-state index in [4.69, 9.17) is 16.3 Å². The minimum atomic E-state index is 0.184. The predicted molar refractivity (Wildman–Crippen MR) is 97.8 cm³/mol. The molecule has 3 heterocycles. The lowest BCUT2D eigenvalue weighted by atomic mass is 10.1. The molecule has 6 nitrogen and oxygen atoms in total. The quantitative estimate of drug-likeness (QED) is 0.756. The zero-order chi connectivity index (χ0) is 17.6. The fourth-order valence-corrected chi connectivity index (χ4v) is 3.31. The molecule has 0 saturated carbocycles. The Morgan fingerprint density at radius 1 is 1.28 bits per heavy atom. The van der Waals surface area contributed by atoms with E-state index in [0.717, 1.165) is 35.1 Å². The van der Waals surface area contributed by atoms with E-state index in [9.17, 15) is 0 Å². The van der Waals surface area contributed by atoms with Crippen molar-refractivity contribution >= 4 is 17.3 Å². The minimum Gasteiger partial charge on any atom is -0.495 e. The third-order valence-electron chi connectivity index (χ3n) is 4.36. The molecule has 1 aliphatic rings. The van der Waals surface area contributed by atoms with Gasteiger partial charge in [-0.1, -0.05) is 24.6 Å². The molecule has 0 radical (unpaired) electrons. The van der Waals surface area contributed by atoms with Crippen molar-refractivity contribution in [3.8, 4) is 23.0 Å². The summed E-state index contributed by atoms with van der Waals surface area (Å²) in [5.41, 5.74) is 3.55. The molecule has 25 heavy (non-hydrogen) atoms. The van der Waals surface area contributed by atoms with Crippen LogP contribution in [0.1, 0.15) is 24.4 Å². The average molecular weight is 356 g/mol. The molecule has 1 N–H and O–H groups in total. The van der Waals surface area contributed by atoms with E-state index in [-0.39, 0.29) is 5.92 Å². The van der Waals surface area contributed by atoms with E-state index >= 15 is 0 Å². The number of aromatic nitrogens is 4. The standard InChI is InChI=1S/C18H18ClN5O/c1-10-9-20-14-7-12(19)16(25-3)8-15(14)24-17(10)22-23-18(24)13-6-4-5-11(2)21-13/h4-8,10,20H,9H2,1-3H3. The lowest BCUT2D eigenvalue weighted by Crippen LogP contribution is -2.09. The first kappa shape index (κ1) is 15.9. The highest BCUT2D eigenvalue weighted by molar-refractivity contribution is 6.32. The molecule has 0 bridgehead atoms. The van der Waals surface area contributed by atoms with E-state index in [1.54, 1.807) is 7.11 Å². The maximum absolute atomic E-state index is 6.31. The SMILES string of the molecule is COc1cc2c(cc1Cl)NCC(C)c1nnc(-c3cccc(C)n3)n1-2.